The molecule has 1 aliphatic rings. The van der Waals surface area contributed by atoms with E-state index in [0.717, 1.165) is 29.8 Å². The predicted molar refractivity (Wildman–Crippen MR) is 132 cm³/mol. The molecule has 0 atom stereocenters. The van der Waals surface area contributed by atoms with Crippen molar-refractivity contribution in [3.63, 3.8) is 0 Å². The summed E-state index contributed by atoms with van der Waals surface area (Å²) in [4.78, 5) is 23.7. The van der Waals surface area contributed by atoms with Crippen LogP contribution in [0.3, 0.4) is 0 Å². The Kier molecular flexibility index (Phi) is 10.6. The van der Waals surface area contributed by atoms with Crippen molar-refractivity contribution in [1.82, 2.24) is 14.5 Å². The number of nitrogens with zero attached hydrogens (tertiary/aromatic N) is 2. The molecule has 1 heterocycles. The van der Waals surface area contributed by atoms with E-state index in [1.165, 1.54) is 4.31 Å². The summed E-state index contributed by atoms with van der Waals surface area (Å²) in [5, 5.41) is 10.3. The molecule has 8 nitrogen and oxygen atoms in total. The highest BCUT2D eigenvalue weighted by molar-refractivity contribution is 7.89. The molecule has 0 saturated carbocycles. The zero-order valence-corrected chi connectivity index (χ0v) is 21.8. The van der Waals surface area contributed by atoms with Gasteiger partial charge in [0.25, 0.3) is 0 Å². The molecular formula is C25H32F3N3O5S. The summed E-state index contributed by atoms with van der Waals surface area (Å²) in [6.07, 6.45) is -5.08. The number of halogens is 3. The summed E-state index contributed by atoms with van der Waals surface area (Å²) < 4.78 is 60.0. The second-order valence-corrected chi connectivity index (χ2v) is 10.9. The number of amides is 1. The van der Waals surface area contributed by atoms with Gasteiger partial charge in [-0.2, -0.15) is 17.5 Å². The lowest BCUT2D eigenvalue weighted by atomic mass is 10.0. The van der Waals surface area contributed by atoms with Crippen LogP contribution in [0.4, 0.5) is 13.2 Å². The van der Waals surface area contributed by atoms with E-state index in [1.54, 1.807) is 17.0 Å². The van der Waals surface area contributed by atoms with Crippen molar-refractivity contribution >= 4 is 21.9 Å². The lowest BCUT2D eigenvalue weighted by molar-refractivity contribution is -0.192. The topological polar surface area (TPSA) is 107 Å². The van der Waals surface area contributed by atoms with Crippen molar-refractivity contribution in [2.75, 3.05) is 32.7 Å². The van der Waals surface area contributed by atoms with E-state index in [-0.39, 0.29) is 23.9 Å². The lowest BCUT2D eigenvalue weighted by Gasteiger charge is -2.30. The van der Waals surface area contributed by atoms with Crippen LogP contribution in [0.15, 0.2) is 53.4 Å². The maximum Gasteiger partial charge on any atom is 0.490 e. The number of rotatable bonds is 7. The minimum Gasteiger partial charge on any atom is -0.475 e. The first kappa shape index (κ1) is 30.3. The quantitative estimate of drug-likeness (QED) is 0.555. The molecule has 2 aromatic rings. The van der Waals surface area contributed by atoms with Gasteiger partial charge in [0.2, 0.25) is 15.9 Å². The molecule has 0 bridgehead atoms. The van der Waals surface area contributed by atoms with Crippen LogP contribution in [0.25, 0.3) is 0 Å². The van der Waals surface area contributed by atoms with Gasteiger partial charge in [-0.05, 0) is 36.1 Å². The number of carbonyl (C=O) groups excluding carboxylic acids is 1. The van der Waals surface area contributed by atoms with Crippen molar-refractivity contribution in [2.45, 2.75) is 44.3 Å². The number of sulfonamides is 1. The smallest absolute Gasteiger partial charge is 0.475 e. The van der Waals surface area contributed by atoms with E-state index in [9.17, 15) is 26.4 Å². The van der Waals surface area contributed by atoms with Gasteiger partial charge in [0.1, 0.15) is 0 Å². The van der Waals surface area contributed by atoms with E-state index in [2.05, 4.69) is 19.2 Å². The summed E-state index contributed by atoms with van der Waals surface area (Å²) in [5.74, 6) is -2.60. The van der Waals surface area contributed by atoms with Crippen molar-refractivity contribution in [3.8, 4) is 0 Å². The molecule has 2 N–H and O–H groups in total. The Morgan fingerprint density at radius 2 is 1.65 bits per heavy atom. The van der Waals surface area contributed by atoms with Gasteiger partial charge in [0.15, 0.2) is 0 Å². The third-order valence-corrected chi connectivity index (χ3v) is 7.46. The summed E-state index contributed by atoms with van der Waals surface area (Å²) in [7, 11) is -3.82. The van der Waals surface area contributed by atoms with Crippen LogP contribution in [0, 0.1) is 6.92 Å². The fourth-order valence-electron chi connectivity index (χ4n) is 3.58. The molecule has 1 amide bonds. The Labute approximate surface area is 215 Å². The fourth-order valence-corrected chi connectivity index (χ4v) is 4.96. The number of carboxylic acids is 1. The van der Waals surface area contributed by atoms with Crippen LogP contribution in [-0.2, 0) is 26.2 Å². The van der Waals surface area contributed by atoms with Gasteiger partial charge >= 0.3 is 12.1 Å². The van der Waals surface area contributed by atoms with Gasteiger partial charge < -0.3 is 15.3 Å². The Morgan fingerprint density at radius 3 is 2.14 bits per heavy atom. The summed E-state index contributed by atoms with van der Waals surface area (Å²) >= 11 is 0. The van der Waals surface area contributed by atoms with Crippen molar-refractivity contribution in [2.24, 2.45) is 0 Å². The van der Waals surface area contributed by atoms with E-state index in [1.807, 2.05) is 43.3 Å². The molecule has 1 aliphatic heterocycles. The minimum atomic E-state index is -5.08. The minimum absolute atomic E-state index is 0.160. The third-order valence-electron chi connectivity index (χ3n) is 5.65. The second kappa shape index (κ2) is 13.0. The first-order chi connectivity index (χ1) is 17.2. The van der Waals surface area contributed by atoms with Crippen LogP contribution in [0.2, 0.25) is 0 Å². The summed E-state index contributed by atoms with van der Waals surface area (Å²) in [6.45, 7) is 8.76. The molecule has 3 rings (SSSR count). The van der Waals surface area contributed by atoms with Crippen molar-refractivity contribution < 1.29 is 36.3 Å². The monoisotopic (exact) mass is 543 g/mol. The van der Waals surface area contributed by atoms with Gasteiger partial charge in [-0.15, -0.1) is 0 Å². The molecule has 204 valence electrons. The van der Waals surface area contributed by atoms with Crippen LogP contribution < -0.4 is 5.32 Å². The molecule has 1 saturated heterocycles. The number of carbonyl (C=O) groups is 2. The van der Waals surface area contributed by atoms with Crippen molar-refractivity contribution in [1.29, 1.82) is 0 Å². The van der Waals surface area contributed by atoms with E-state index >= 15 is 0 Å². The van der Waals surface area contributed by atoms with E-state index in [0.29, 0.717) is 19.0 Å². The number of benzene rings is 2. The first-order valence-electron chi connectivity index (χ1n) is 11.7. The highest BCUT2D eigenvalue weighted by atomic mass is 32.2. The highest BCUT2D eigenvalue weighted by Gasteiger charge is 2.38. The highest BCUT2D eigenvalue weighted by Crippen LogP contribution is 2.22. The number of piperazine rings is 1. The van der Waals surface area contributed by atoms with Gasteiger partial charge in [0.05, 0.1) is 11.4 Å². The van der Waals surface area contributed by atoms with E-state index < -0.39 is 22.2 Å². The molecule has 0 unspecified atom stereocenters. The second-order valence-electron chi connectivity index (χ2n) is 8.92. The first-order valence-corrected chi connectivity index (χ1v) is 13.1. The summed E-state index contributed by atoms with van der Waals surface area (Å²) in [6, 6.07) is 14.7. The number of alkyl halides is 3. The molecular weight excluding hydrogens is 511 g/mol. The number of aliphatic carboxylic acids is 1. The fraction of sp³-hybridized carbons (Fsp3) is 0.440. The number of carboxylic acid groups (broad SMARTS) is 1. The normalized spacial score (nSPS) is 14.3. The van der Waals surface area contributed by atoms with Crippen LogP contribution in [-0.4, -0.2) is 73.5 Å². The number of aryl methyl sites for hydroxylation is 1. The average Bonchev–Trinajstić information content (AvgIpc) is 2.84. The number of nitrogens with one attached hydrogen (secondary N) is 1. The zero-order valence-electron chi connectivity index (χ0n) is 21.0. The number of hydrogen-bond donors (Lipinski definition) is 2. The maximum absolute atomic E-state index is 13.5. The standard InChI is InChI=1S/C23H31N3O3S.C2HF3O2/c1-18(2)21-7-9-22(10-8-21)30(28,29)26(16-20-6-4-5-19(3)15-20)17-23(27)25-13-11-24-12-14-25;3-2(4,5)1(6)7/h4-10,15,18,24H,11-14,16-17H2,1-3H3;(H,6,7). The Hall–Kier alpha value is -2.96. The number of hydrogen-bond acceptors (Lipinski definition) is 5. The van der Waals surface area contributed by atoms with Gasteiger partial charge in [-0.3, -0.25) is 4.79 Å². The predicted octanol–water partition coefficient (Wildman–Crippen LogP) is 3.37. The van der Waals surface area contributed by atoms with Gasteiger partial charge in [0, 0.05) is 32.7 Å². The zero-order chi connectivity index (χ0) is 27.8. The molecule has 2 aromatic carbocycles. The van der Waals surface area contributed by atoms with Crippen LogP contribution >= 0.6 is 0 Å². The van der Waals surface area contributed by atoms with Crippen molar-refractivity contribution in [3.05, 3.63) is 65.2 Å². The Bertz CT molecular complexity index is 1160. The average molecular weight is 544 g/mol. The molecule has 37 heavy (non-hydrogen) atoms. The molecule has 0 spiro atoms. The summed E-state index contributed by atoms with van der Waals surface area (Å²) in [5.41, 5.74) is 3.00. The molecule has 0 aromatic heterocycles. The van der Waals surface area contributed by atoms with Crippen LogP contribution in [0.5, 0.6) is 0 Å². The van der Waals surface area contributed by atoms with Crippen LogP contribution in [0.1, 0.15) is 36.5 Å². The van der Waals surface area contributed by atoms with Gasteiger partial charge in [-0.1, -0.05) is 55.8 Å². The largest absolute Gasteiger partial charge is 0.490 e. The molecule has 1 fully saturated rings. The molecule has 0 radical (unpaired) electrons. The van der Waals surface area contributed by atoms with Gasteiger partial charge in [-0.25, -0.2) is 13.2 Å². The maximum atomic E-state index is 13.5. The van der Waals surface area contributed by atoms with E-state index in [4.69, 9.17) is 9.90 Å². The Morgan fingerprint density at radius 1 is 1.08 bits per heavy atom. The SMILES string of the molecule is Cc1cccc(CN(CC(=O)N2CCNCC2)S(=O)(=O)c2ccc(C(C)C)cc2)c1.O=C(O)C(F)(F)F. The third kappa shape index (κ3) is 9.13. The molecule has 0 aliphatic carbocycles. The molecule has 12 heteroatoms. The Balaban J connectivity index is 0.000000604. The lowest BCUT2D eigenvalue weighted by Crippen LogP contribution is -2.50.